The molecule has 1 aromatic carbocycles. The number of nitrogens with zero attached hydrogens (tertiary/aromatic N) is 1. The van der Waals surface area contributed by atoms with Crippen LogP contribution in [0.5, 0.6) is 0 Å². The van der Waals surface area contributed by atoms with Gasteiger partial charge in [-0.3, -0.25) is 4.79 Å². The van der Waals surface area contributed by atoms with Crippen molar-refractivity contribution in [2.45, 2.75) is 13.8 Å². The van der Waals surface area contributed by atoms with Gasteiger partial charge in [-0.25, -0.2) is 4.98 Å². The Morgan fingerprint density at radius 3 is 2.65 bits per heavy atom. The number of nitrogens with two attached hydrogens (primary N) is 1. The van der Waals surface area contributed by atoms with Crippen molar-refractivity contribution in [1.29, 1.82) is 0 Å². The molecule has 88 valence electrons. The second-order valence-electron chi connectivity index (χ2n) is 3.88. The zero-order valence-corrected chi connectivity index (χ0v) is 11.1. The molecule has 1 aromatic heterocycles. The lowest BCUT2D eigenvalue weighted by atomic mass is 10.1. The summed E-state index contributed by atoms with van der Waals surface area (Å²) in [6.07, 6.45) is 0. The molecule has 1 heterocycles. The van der Waals surface area contributed by atoms with Crippen LogP contribution in [0.3, 0.4) is 0 Å². The van der Waals surface area contributed by atoms with E-state index in [1.54, 1.807) is 6.92 Å². The number of nitrogen functional groups attached to an aromatic ring is 1. The summed E-state index contributed by atoms with van der Waals surface area (Å²) < 4.78 is 0.987. The zero-order valence-electron chi connectivity index (χ0n) is 9.54. The van der Waals surface area contributed by atoms with Crippen LogP contribution in [0, 0.1) is 13.8 Å². The molecule has 4 nitrogen and oxygen atoms in total. The van der Waals surface area contributed by atoms with Gasteiger partial charge in [-0.2, -0.15) is 0 Å². The van der Waals surface area contributed by atoms with Gasteiger partial charge in [-0.1, -0.05) is 15.9 Å². The SMILES string of the molecule is Cc1cc(Br)ccc1-c1nc(N)c(C)c(=O)[nH]1. The predicted octanol–water partition coefficient (Wildman–Crippen LogP) is 2.40. The molecule has 2 rings (SSSR count). The summed E-state index contributed by atoms with van der Waals surface area (Å²) in [4.78, 5) is 18.6. The minimum atomic E-state index is -0.199. The first kappa shape index (κ1) is 11.9. The fourth-order valence-corrected chi connectivity index (χ4v) is 2.05. The topological polar surface area (TPSA) is 71.8 Å². The zero-order chi connectivity index (χ0) is 12.6. The Hall–Kier alpha value is -1.62. The summed E-state index contributed by atoms with van der Waals surface area (Å²) in [6.45, 7) is 3.61. The van der Waals surface area contributed by atoms with Crippen molar-refractivity contribution in [2.75, 3.05) is 5.73 Å². The number of nitrogens with one attached hydrogen (secondary N) is 1. The lowest BCUT2D eigenvalue weighted by Gasteiger charge is -2.07. The molecule has 17 heavy (non-hydrogen) atoms. The van der Waals surface area contributed by atoms with Crippen molar-refractivity contribution >= 4 is 21.7 Å². The second kappa shape index (κ2) is 4.33. The van der Waals surface area contributed by atoms with Crippen LogP contribution in [-0.4, -0.2) is 9.97 Å². The molecule has 0 saturated carbocycles. The number of aromatic nitrogens is 2. The molecule has 2 aromatic rings. The molecular formula is C12H12BrN3O. The number of hydrogen-bond donors (Lipinski definition) is 2. The van der Waals surface area contributed by atoms with Crippen LogP contribution in [-0.2, 0) is 0 Å². The van der Waals surface area contributed by atoms with Crippen LogP contribution < -0.4 is 11.3 Å². The van der Waals surface area contributed by atoms with Crippen LogP contribution in [0.1, 0.15) is 11.1 Å². The Morgan fingerprint density at radius 2 is 2.06 bits per heavy atom. The summed E-state index contributed by atoms with van der Waals surface area (Å²) >= 11 is 3.39. The van der Waals surface area contributed by atoms with Crippen molar-refractivity contribution in [3.05, 3.63) is 44.2 Å². The van der Waals surface area contributed by atoms with Gasteiger partial charge >= 0.3 is 0 Å². The summed E-state index contributed by atoms with van der Waals surface area (Å²) in [5.74, 6) is 0.772. The number of aryl methyl sites for hydroxylation is 1. The van der Waals surface area contributed by atoms with Crippen LogP contribution in [0.2, 0.25) is 0 Å². The molecule has 0 aliphatic carbocycles. The highest BCUT2D eigenvalue weighted by Crippen LogP contribution is 2.23. The van der Waals surface area contributed by atoms with E-state index >= 15 is 0 Å². The van der Waals surface area contributed by atoms with E-state index in [0.717, 1.165) is 15.6 Å². The number of halogens is 1. The van der Waals surface area contributed by atoms with Gasteiger partial charge in [-0.05, 0) is 37.6 Å². The van der Waals surface area contributed by atoms with E-state index in [1.165, 1.54) is 0 Å². The molecular weight excluding hydrogens is 282 g/mol. The van der Waals surface area contributed by atoms with E-state index in [9.17, 15) is 4.79 Å². The average molecular weight is 294 g/mol. The molecule has 0 fully saturated rings. The highest BCUT2D eigenvalue weighted by Gasteiger charge is 2.08. The first-order valence-electron chi connectivity index (χ1n) is 5.12. The quantitative estimate of drug-likeness (QED) is 0.848. The Balaban J connectivity index is 2.65. The third-order valence-corrected chi connectivity index (χ3v) is 3.13. The van der Waals surface area contributed by atoms with E-state index in [0.29, 0.717) is 11.4 Å². The number of benzene rings is 1. The maximum absolute atomic E-state index is 11.6. The van der Waals surface area contributed by atoms with Crippen molar-refractivity contribution in [1.82, 2.24) is 9.97 Å². The van der Waals surface area contributed by atoms with E-state index in [1.807, 2.05) is 25.1 Å². The summed E-state index contributed by atoms with van der Waals surface area (Å²) in [5, 5.41) is 0. The van der Waals surface area contributed by atoms with Crippen molar-refractivity contribution in [2.24, 2.45) is 0 Å². The predicted molar refractivity (Wildman–Crippen MR) is 71.9 cm³/mol. The fraction of sp³-hybridized carbons (Fsp3) is 0.167. The smallest absolute Gasteiger partial charge is 0.256 e. The monoisotopic (exact) mass is 293 g/mol. The standard InChI is InChI=1S/C12H12BrN3O/c1-6-5-8(13)3-4-9(6)11-15-10(14)7(2)12(17)16-11/h3-5H,1-2H3,(H3,14,15,16,17). The maximum atomic E-state index is 11.6. The van der Waals surface area contributed by atoms with Gasteiger partial charge in [0.05, 0.1) is 5.56 Å². The van der Waals surface area contributed by atoms with Gasteiger partial charge in [0, 0.05) is 10.0 Å². The molecule has 3 N–H and O–H groups in total. The lowest BCUT2D eigenvalue weighted by molar-refractivity contribution is 1.09. The highest BCUT2D eigenvalue weighted by atomic mass is 79.9. The Kier molecular flexibility index (Phi) is 3.02. The molecule has 0 atom stereocenters. The molecule has 5 heteroatoms. The third-order valence-electron chi connectivity index (χ3n) is 2.63. The van der Waals surface area contributed by atoms with Crippen LogP contribution in [0.15, 0.2) is 27.5 Å². The summed E-state index contributed by atoms with van der Waals surface area (Å²) in [7, 11) is 0. The normalized spacial score (nSPS) is 10.5. The van der Waals surface area contributed by atoms with E-state index in [-0.39, 0.29) is 11.4 Å². The van der Waals surface area contributed by atoms with Crippen molar-refractivity contribution < 1.29 is 0 Å². The van der Waals surface area contributed by atoms with Gasteiger partial charge in [0.2, 0.25) is 0 Å². The number of anilines is 1. The number of H-pyrrole nitrogens is 1. The Bertz CT molecular complexity index is 634. The number of hydrogen-bond acceptors (Lipinski definition) is 3. The molecule has 0 radical (unpaired) electrons. The van der Waals surface area contributed by atoms with Gasteiger partial charge in [0.25, 0.3) is 5.56 Å². The third kappa shape index (κ3) is 2.24. The van der Waals surface area contributed by atoms with Gasteiger partial charge in [0.15, 0.2) is 0 Å². The van der Waals surface area contributed by atoms with E-state index in [2.05, 4.69) is 25.9 Å². The van der Waals surface area contributed by atoms with E-state index < -0.39 is 0 Å². The molecule has 0 aliphatic heterocycles. The largest absolute Gasteiger partial charge is 0.383 e. The Morgan fingerprint density at radius 1 is 1.35 bits per heavy atom. The van der Waals surface area contributed by atoms with Crippen molar-refractivity contribution in [3.63, 3.8) is 0 Å². The van der Waals surface area contributed by atoms with Gasteiger partial charge in [-0.15, -0.1) is 0 Å². The minimum absolute atomic E-state index is 0.199. The van der Waals surface area contributed by atoms with E-state index in [4.69, 9.17) is 5.73 Å². The Labute approximate surface area is 107 Å². The van der Waals surface area contributed by atoms with Crippen molar-refractivity contribution in [3.8, 4) is 11.4 Å². The first-order chi connectivity index (χ1) is 7.99. The summed E-state index contributed by atoms with van der Waals surface area (Å²) in [6, 6.07) is 5.76. The first-order valence-corrected chi connectivity index (χ1v) is 5.91. The van der Waals surface area contributed by atoms with Gasteiger partial charge in [0.1, 0.15) is 11.6 Å². The number of rotatable bonds is 1. The molecule has 0 amide bonds. The summed E-state index contributed by atoms with van der Waals surface area (Å²) in [5.41, 5.74) is 7.84. The highest BCUT2D eigenvalue weighted by molar-refractivity contribution is 9.10. The van der Waals surface area contributed by atoms with Crippen LogP contribution in [0.4, 0.5) is 5.82 Å². The maximum Gasteiger partial charge on any atom is 0.256 e. The molecule has 0 aliphatic rings. The molecule has 0 unspecified atom stereocenters. The van der Waals surface area contributed by atoms with Gasteiger partial charge < -0.3 is 10.7 Å². The van der Waals surface area contributed by atoms with Crippen LogP contribution in [0.25, 0.3) is 11.4 Å². The fourth-order valence-electron chi connectivity index (χ4n) is 1.57. The second-order valence-corrected chi connectivity index (χ2v) is 4.80. The van der Waals surface area contributed by atoms with Crippen LogP contribution >= 0.6 is 15.9 Å². The lowest BCUT2D eigenvalue weighted by Crippen LogP contribution is -2.15. The molecule has 0 saturated heterocycles. The number of aromatic amines is 1. The molecule has 0 spiro atoms. The average Bonchev–Trinajstić information content (AvgIpc) is 2.25. The minimum Gasteiger partial charge on any atom is -0.383 e. The molecule has 0 bridgehead atoms.